The maximum atomic E-state index is 13.3. The van der Waals surface area contributed by atoms with Gasteiger partial charge in [0.25, 0.3) is 6.43 Å². The number of nitrogens with zero attached hydrogens (tertiary/aromatic N) is 1. The van der Waals surface area contributed by atoms with Gasteiger partial charge in [-0.25, -0.2) is 13.2 Å². The van der Waals surface area contributed by atoms with E-state index in [0.717, 1.165) is 12.1 Å². The highest BCUT2D eigenvalue weighted by Gasteiger charge is 2.14. The number of aromatic amines is 1. The summed E-state index contributed by atoms with van der Waals surface area (Å²) in [7, 11) is 0. The molecule has 0 fully saturated rings. The van der Waals surface area contributed by atoms with E-state index in [2.05, 4.69) is 10.2 Å². The lowest BCUT2D eigenvalue weighted by molar-refractivity contribution is 0.146. The van der Waals surface area contributed by atoms with E-state index >= 15 is 0 Å². The highest BCUT2D eigenvalue weighted by Crippen LogP contribution is 2.28. The van der Waals surface area contributed by atoms with E-state index in [9.17, 15) is 13.2 Å². The molecule has 16 heavy (non-hydrogen) atoms. The van der Waals surface area contributed by atoms with E-state index in [1.807, 2.05) is 0 Å². The van der Waals surface area contributed by atoms with Crippen molar-refractivity contribution in [1.29, 1.82) is 0 Å². The summed E-state index contributed by atoms with van der Waals surface area (Å²) in [5, 5.41) is 6.15. The third-order valence-corrected chi connectivity index (χ3v) is 2.22. The number of aromatic nitrogens is 2. The predicted molar refractivity (Wildman–Crippen MR) is 53.4 cm³/mol. The first kappa shape index (κ1) is 10.5. The van der Waals surface area contributed by atoms with Crippen LogP contribution in [-0.4, -0.2) is 10.2 Å². The van der Waals surface area contributed by atoms with Gasteiger partial charge in [0.05, 0.1) is 11.8 Å². The Labute approximate surface area is 89.1 Å². The molecular formula is C10H8F3N3. The molecule has 0 spiro atoms. The molecule has 0 unspecified atom stereocenters. The predicted octanol–water partition coefficient (Wildman–Crippen LogP) is 2.74. The lowest BCUT2D eigenvalue weighted by atomic mass is 10.1. The van der Waals surface area contributed by atoms with E-state index in [1.54, 1.807) is 0 Å². The number of rotatable bonds is 2. The van der Waals surface area contributed by atoms with Gasteiger partial charge in [-0.3, -0.25) is 5.10 Å². The fraction of sp³-hybridized carbons (Fsp3) is 0.100. The largest absolute Gasteiger partial charge is 0.384 e. The summed E-state index contributed by atoms with van der Waals surface area (Å²) in [5.41, 5.74) is 5.81. The van der Waals surface area contributed by atoms with E-state index < -0.39 is 17.8 Å². The molecule has 6 heteroatoms. The SMILES string of the molecule is Nc1[nH]ncc1-c1ccc(C(F)F)c(F)c1. The highest BCUT2D eigenvalue weighted by atomic mass is 19.3. The molecule has 0 atom stereocenters. The van der Waals surface area contributed by atoms with Crippen LogP contribution in [0.15, 0.2) is 24.4 Å². The average Bonchev–Trinajstić information content (AvgIpc) is 2.63. The monoisotopic (exact) mass is 227 g/mol. The molecule has 1 aromatic heterocycles. The normalized spacial score (nSPS) is 11.0. The summed E-state index contributed by atoms with van der Waals surface area (Å²) in [6.45, 7) is 0. The molecule has 0 saturated carbocycles. The Morgan fingerprint density at radius 2 is 2.06 bits per heavy atom. The van der Waals surface area contributed by atoms with Crippen molar-refractivity contribution in [3.63, 3.8) is 0 Å². The molecule has 0 amide bonds. The van der Waals surface area contributed by atoms with Gasteiger partial charge in [0.2, 0.25) is 0 Å². The van der Waals surface area contributed by atoms with Gasteiger partial charge < -0.3 is 5.73 Å². The Morgan fingerprint density at radius 1 is 1.31 bits per heavy atom. The van der Waals surface area contributed by atoms with Crippen LogP contribution in [0.2, 0.25) is 0 Å². The number of nitrogens with two attached hydrogens (primary N) is 1. The van der Waals surface area contributed by atoms with Gasteiger partial charge in [-0.15, -0.1) is 0 Å². The summed E-state index contributed by atoms with van der Waals surface area (Å²) in [6.07, 6.45) is -1.41. The standard InChI is InChI=1S/C10H8F3N3/c11-8-3-5(1-2-6(8)9(12)13)7-4-15-16-10(7)14/h1-4,9H,(H3,14,15,16). The van der Waals surface area contributed by atoms with Crippen molar-refractivity contribution in [2.75, 3.05) is 5.73 Å². The zero-order valence-electron chi connectivity index (χ0n) is 8.05. The quantitative estimate of drug-likeness (QED) is 0.828. The summed E-state index contributed by atoms with van der Waals surface area (Å²) in [6, 6.07) is 3.44. The number of alkyl halides is 2. The van der Waals surface area contributed by atoms with Crippen LogP contribution in [-0.2, 0) is 0 Å². The molecule has 84 valence electrons. The van der Waals surface area contributed by atoms with Gasteiger partial charge in [-0.1, -0.05) is 6.07 Å². The van der Waals surface area contributed by atoms with Crippen LogP contribution in [0.3, 0.4) is 0 Å². The molecule has 0 aliphatic rings. The van der Waals surface area contributed by atoms with Crippen molar-refractivity contribution >= 4 is 5.82 Å². The van der Waals surface area contributed by atoms with Crippen LogP contribution >= 0.6 is 0 Å². The van der Waals surface area contributed by atoms with E-state index in [1.165, 1.54) is 12.3 Å². The number of benzene rings is 1. The maximum Gasteiger partial charge on any atom is 0.266 e. The summed E-state index contributed by atoms with van der Waals surface area (Å²) in [4.78, 5) is 0. The second kappa shape index (κ2) is 3.88. The van der Waals surface area contributed by atoms with Crippen LogP contribution < -0.4 is 5.73 Å². The lowest BCUT2D eigenvalue weighted by Gasteiger charge is -2.04. The number of halogens is 3. The second-order valence-corrected chi connectivity index (χ2v) is 3.23. The first-order valence-corrected chi connectivity index (χ1v) is 4.46. The van der Waals surface area contributed by atoms with E-state index in [0.29, 0.717) is 11.1 Å². The van der Waals surface area contributed by atoms with Gasteiger partial charge in [0.1, 0.15) is 11.6 Å². The van der Waals surface area contributed by atoms with Crippen molar-refractivity contribution < 1.29 is 13.2 Å². The van der Waals surface area contributed by atoms with Crippen molar-refractivity contribution in [3.8, 4) is 11.1 Å². The van der Waals surface area contributed by atoms with Crippen molar-refractivity contribution in [3.05, 3.63) is 35.8 Å². The number of H-pyrrole nitrogens is 1. The van der Waals surface area contributed by atoms with Gasteiger partial charge >= 0.3 is 0 Å². The Bertz CT molecular complexity index is 508. The molecule has 1 heterocycles. The minimum atomic E-state index is -2.82. The second-order valence-electron chi connectivity index (χ2n) is 3.23. The molecule has 0 aliphatic heterocycles. The number of hydrogen-bond acceptors (Lipinski definition) is 2. The topological polar surface area (TPSA) is 54.7 Å². The number of hydrogen-bond donors (Lipinski definition) is 2. The zero-order valence-corrected chi connectivity index (χ0v) is 8.05. The Morgan fingerprint density at radius 3 is 2.56 bits per heavy atom. The first-order valence-electron chi connectivity index (χ1n) is 4.46. The minimum Gasteiger partial charge on any atom is -0.384 e. The van der Waals surface area contributed by atoms with Gasteiger partial charge in [0, 0.05) is 5.56 Å². The van der Waals surface area contributed by atoms with E-state index in [4.69, 9.17) is 5.73 Å². The Balaban J connectivity index is 2.46. The molecule has 0 bridgehead atoms. The molecule has 0 saturated heterocycles. The average molecular weight is 227 g/mol. The summed E-state index contributed by atoms with van der Waals surface area (Å²) >= 11 is 0. The Hall–Kier alpha value is -1.98. The maximum absolute atomic E-state index is 13.3. The molecule has 0 radical (unpaired) electrons. The van der Waals surface area contributed by atoms with Crippen molar-refractivity contribution in [2.24, 2.45) is 0 Å². The number of anilines is 1. The fourth-order valence-electron chi connectivity index (χ4n) is 1.40. The van der Waals surface area contributed by atoms with E-state index in [-0.39, 0.29) is 5.82 Å². The van der Waals surface area contributed by atoms with Gasteiger partial charge in [0.15, 0.2) is 0 Å². The molecule has 3 N–H and O–H groups in total. The highest BCUT2D eigenvalue weighted by molar-refractivity contribution is 5.73. The molecule has 2 aromatic rings. The van der Waals surface area contributed by atoms with Crippen molar-refractivity contribution in [1.82, 2.24) is 10.2 Å². The molecule has 3 nitrogen and oxygen atoms in total. The first-order chi connectivity index (χ1) is 7.59. The van der Waals surface area contributed by atoms with Crippen LogP contribution in [0.4, 0.5) is 19.0 Å². The molecule has 1 aromatic carbocycles. The molecule has 2 rings (SSSR count). The lowest BCUT2D eigenvalue weighted by Crippen LogP contribution is -1.92. The van der Waals surface area contributed by atoms with Crippen LogP contribution in [0, 0.1) is 5.82 Å². The number of nitrogen functional groups attached to an aromatic ring is 1. The van der Waals surface area contributed by atoms with Gasteiger partial charge in [-0.05, 0) is 17.7 Å². The summed E-state index contributed by atoms with van der Waals surface area (Å²) < 4.78 is 37.9. The van der Waals surface area contributed by atoms with Crippen molar-refractivity contribution in [2.45, 2.75) is 6.43 Å². The third kappa shape index (κ3) is 1.73. The Kier molecular flexibility index (Phi) is 2.55. The smallest absolute Gasteiger partial charge is 0.266 e. The number of nitrogens with one attached hydrogen (secondary N) is 1. The minimum absolute atomic E-state index is 0.268. The molecular weight excluding hydrogens is 219 g/mol. The fourth-order valence-corrected chi connectivity index (χ4v) is 1.40. The molecule has 0 aliphatic carbocycles. The van der Waals surface area contributed by atoms with Gasteiger partial charge in [-0.2, -0.15) is 5.10 Å². The third-order valence-electron chi connectivity index (χ3n) is 2.22. The summed E-state index contributed by atoms with van der Waals surface area (Å²) in [5.74, 6) is -0.683. The zero-order chi connectivity index (χ0) is 11.7. The van der Waals surface area contributed by atoms with Crippen LogP contribution in [0.5, 0.6) is 0 Å². The van der Waals surface area contributed by atoms with Crippen LogP contribution in [0.25, 0.3) is 11.1 Å². The van der Waals surface area contributed by atoms with Crippen LogP contribution in [0.1, 0.15) is 12.0 Å².